The number of carbonyl (C=O) groups is 1. The predicted octanol–water partition coefficient (Wildman–Crippen LogP) is 0.954. The van der Waals surface area contributed by atoms with Gasteiger partial charge in [-0.1, -0.05) is 11.6 Å². The van der Waals surface area contributed by atoms with Gasteiger partial charge in [0, 0.05) is 0 Å². The van der Waals surface area contributed by atoms with Gasteiger partial charge in [0.05, 0.1) is 19.0 Å². The van der Waals surface area contributed by atoms with Gasteiger partial charge in [0.1, 0.15) is 5.15 Å². The Morgan fingerprint density at radius 1 is 1.53 bits per heavy atom. The van der Waals surface area contributed by atoms with Gasteiger partial charge >= 0.3 is 5.97 Å². The van der Waals surface area contributed by atoms with Gasteiger partial charge in [0.2, 0.25) is 5.82 Å². The molecule has 2 heterocycles. The molecule has 0 saturated carbocycles. The van der Waals surface area contributed by atoms with Gasteiger partial charge in [-0.05, 0) is 6.92 Å². The summed E-state index contributed by atoms with van der Waals surface area (Å²) >= 11 is 5.86. The van der Waals surface area contributed by atoms with Gasteiger partial charge in [-0.15, -0.1) is 10.2 Å². The zero-order valence-electron chi connectivity index (χ0n) is 7.85. The van der Waals surface area contributed by atoms with Crippen LogP contribution in [0.25, 0.3) is 5.65 Å². The van der Waals surface area contributed by atoms with Crippen LogP contribution >= 0.6 is 11.6 Å². The van der Waals surface area contributed by atoms with Crippen LogP contribution in [-0.2, 0) is 4.74 Å². The Labute approximate surface area is 89.9 Å². The molecule has 0 atom stereocenters. The van der Waals surface area contributed by atoms with Crippen molar-refractivity contribution in [3.8, 4) is 0 Å². The molecule has 0 radical (unpaired) electrons. The van der Waals surface area contributed by atoms with Crippen molar-refractivity contribution in [2.45, 2.75) is 6.92 Å². The molecule has 0 saturated heterocycles. The molecule has 78 valence electrons. The van der Waals surface area contributed by atoms with E-state index in [-0.39, 0.29) is 17.6 Å². The molecular formula is C8H7ClN4O2. The molecule has 0 amide bonds. The lowest BCUT2D eigenvalue weighted by Gasteiger charge is -2.00. The number of carbonyl (C=O) groups excluding carboxylic acids is 1. The van der Waals surface area contributed by atoms with Crippen LogP contribution in [0, 0.1) is 0 Å². The third-order valence-corrected chi connectivity index (χ3v) is 2.00. The van der Waals surface area contributed by atoms with Gasteiger partial charge < -0.3 is 4.74 Å². The molecule has 2 aromatic rings. The average Bonchev–Trinajstić information content (AvgIpc) is 2.63. The van der Waals surface area contributed by atoms with E-state index in [1.54, 1.807) is 6.92 Å². The highest BCUT2D eigenvalue weighted by Gasteiger charge is 2.17. The fraction of sp³-hybridized carbons (Fsp3) is 0.250. The van der Waals surface area contributed by atoms with Crippen LogP contribution in [0.1, 0.15) is 17.5 Å². The molecule has 2 aromatic heterocycles. The second-order valence-corrected chi connectivity index (χ2v) is 3.05. The van der Waals surface area contributed by atoms with Gasteiger partial charge in [-0.25, -0.2) is 4.79 Å². The van der Waals surface area contributed by atoms with Crippen LogP contribution in [0.2, 0.25) is 5.15 Å². The number of fused-ring (bicyclic) bond motifs is 1. The van der Waals surface area contributed by atoms with Gasteiger partial charge in [0.25, 0.3) is 0 Å². The quantitative estimate of drug-likeness (QED) is 0.714. The predicted molar refractivity (Wildman–Crippen MR) is 51.7 cm³/mol. The van der Waals surface area contributed by atoms with Gasteiger partial charge in [-0.3, -0.25) is 9.38 Å². The van der Waals surface area contributed by atoms with Crippen LogP contribution in [0.4, 0.5) is 0 Å². The molecule has 0 fully saturated rings. The maximum atomic E-state index is 11.4. The summed E-state index contributed by atoms with van der Waals surface area (Å²) in [4.78, 5) is 15.3. The molecule has 0 bridgehead atoms. The first-order valence-electron chi connectivity index (χ1n) is 4.25. The fourth-order valence-corrected chi connectivity index (χ4v) is 1.36. The number of nitrogens with zero attached hydrogens (tertiary/aromatic N) is 4. The Balaban J connectivity index is 2.57. The number of ether oxygens (including phenoxy) is 1. The van der Waals surface area contributed by atoms with Crippen LogP contribution in [-0.4, -0.2) is 32.2 Å². The molecule has 0 aliphatic carbocycles. The average molecular weight is 227 g/mol. The highest BCUT2D eigenvalue weighted by molar-refractivity contribution is 6.29. The number of esters is 1. The van der Waals surface area contributed by atoms with Crippen molar-refractivity contribution in [2.24, 2.45) is 0 Å². The highest BCUT2D eigenvalue weighted by Crippen LogP contribution is 2.12. The molecule has 6 nitrogen and oxygen atoms in total. The number of halogens is 1. The maximum absolute atomic E-state index is 11.4. The smallest absolute Gasteiger partial charge is 0.376 e. The van der Waals surface area contributed by atoms with E-state index < -0.39 is 5.97 Å². The third kappa shape index (κ3) is 1.63. The topological polar surface area (TPSA) is 69.4 Å². The van der Waals surface area contributed by atoms with Crippen LogP contribution in [0.5, 0.6) is 0 Å². The van der Waals surface area contributed by atoms with E-state index in [9.17, 15) is 4.79 Å². The molecule has 0 aromatic carbocycles. The van der Waals surface area contributed by atoms with E-state index in [1.807, 2.05) is 0 Å². The molecule has 2 rings (SSSR count). The Bertz CT molecular complexity index is 510. The Morgan fingerprint density at radius 3 is 3.07 bits per heavy atom. The molecule has 0 aliphatic rings. The summed E-state index contributed by atoms with van der Waals surface area (Å²) in [5, 5.41) is 7.70. The lowest BCUT2D eigenvalue weighted by atomic mass is 10.6. The second-order valence-electron chi connectivity index (χ2n) is 2.67. The third-order valence-electron chi connectivity index (χ3n) is 1.73. The molecule has 0 aliphatic heterocycles. The Morgan fingerprint density at radius 2 is 2.33 bits per heavy atom. The van der Waals surface area contributed by atoms with E-state index in [4.69, 9.17) is 16.3 Å². The number of aromatic nitrogens is 4. The van der Waals surface area contributed by atoms with Crippen molar-refractivity contribution >= 4 is 23.2 Å². The normalized spacial score (nSPS) is 10.5. The Hall–Kier alpha value is -1.69. The summed E-state index contributed by atoms with van der Waals surface area (Å²) in [5.41, 5.74) is 0.408. The Kier molecular flexibility index (Phi) is 2.51. The van der Waals surface area contributed by atoms with Crippen molar-refractivity contribution < 1.29 is 9.53 Å². The van der Waals surface area contributed by atoms with E-state index in [0.717, 1.165) is 0 Å². The van der Waals surface area contributed by atoms with E-state index in [2.05, 4.69) is 15.2 Å². The monoisotopic (exact) mass is 226 g/mol. The first kappa shape index (κ1) is 9.85. The highest BCUT2D eigenvalue weighted by atomic mass is 35.5. The number of hydrogen-bond acceptors (Lipinski definition) is 5. The second kappa shape index (κ2) is 3.82. The van der Waals surface area contributed by atoms with E-state index in [1.165, 1.54) is 16.8 Å². The summed E-state index contributed by atoms with van der Waals surface area (Å²) in [5.74, 6) is -0.502. The first-order chi connectivity index (χ1) is 7.24. The van der Waals surface area contributed by atoms with Crippen molar-refractivity contribution in [2.75, 3.05) is 6.61 Å². The molecule has 0 spiro atoms. The zero-order valence-corrected chi connectivity index (χ0v) is 8.60. The SMILES string of the molecule is CCOC(=O)c1nnc2cncc(Cl)n12. The van der Waals surface area contributed by atoms with Crippen molar-refractivity contribution in [1.29, 1.82) is 0 Å². The summed E-state index contributed by atoms with van der Waals surface area (Å²) < 4.78 is 6.19. The molecule has 0 unspecified atom stereocenters. The van der Waals surface area contributed by atoms with Crippen molar-refractivity contribution in [1.82, 2.24) is 19.6 Å². The fourth-order valence-electron chi connectivity index (χ4n) is 1.14. The summed E-state index contributed by atoms with van der Waals surface area (Å²) in [6, 6.07) is 0. The molecule has 15 heavy (non-hydrogen) atoms. The van der Waals surface area contributed by atoms with Gasteiger partial charge in [0.15, 0.2) is 5.65 Å². The van der Waals surface area contributed by atoms with Crippen LogP contribution in [0.15, 0.2) is 12.4 Å². The molecule has 7 heteroatoms. The zero-order chi connectivity index (χ0) is 10.8. The van der Waals surface area contributed by atoms with E-state index >= 15 is 0 Å². The minimum absolute atomic E-state index is 0.0549. The summed E-state index contributed by atoms with van der Waals surface area (Å²) in [7, 11) is 0. The minimum Gasteiger partial charge on any atom is -0.460 e. The number of hydrogen-bond donors (Lipinski definition) is 0. The van der Waals surface area contributed by atoms with Crippen LogP contribution < -0.4 is 0 Å². The largest absolute Gasteiger partial charge is 0.460 e. The standard InChI is InChI=1S/C8H7ClN4O2/c1-2-15-8(14)7-12-11-6-4-10-3-5(9)13(6)7/h3-4H,2H2,1H3. The first-order valence-corrected chi connectivity index (χ1v) is 4.63. The van der Waals surface area contributed by atoms with Gasteiger partial charge in [-0.2, -0.15) is 0 Å². The molecule has 0 N–H and O–H groups in total. The minimum atomic E-state index is -0.557. The summed E-state index contributed by atoms with van der Waals surface area (Å²) in [6.45, 7) is 1.99. The van der Waals surface area contributed by atoms with Crippen molar-refractivity contribution in [3.63, 3.8) is 0 Å². The maximum Gasteiger partial charge on any atom is 0.376 e. The molecular weight excluding hydrogens is 220 g/mol. The van der Waals surface area contributed by atoms with Crippen LogP contribution in [0.3, 0.4) is 0 Å². The summed E-state index contributed by atoms with van der Waals surface area (Å²) in [6.07, 6.45) is 2.86. The van der Waals surface area contributed by atoms with Crippen molar-refractivity contribution in [3.05, 3.63) is 23.4 Å². The number of rotatable bonds is 2. The lowest BCUT2D eigenvalue weighted by Crippen LogP contribution is -2.10. The van der Waals surface area contributed by atoms with E-state index in [0.29, 0.717) is 5.65 Å². The lowest BCUT2D eigenvalue weighted by molar-refractivity contribution is 0.0510.